The van der Waals surface area contributed by atoms with E-state index in [0.29, 0.717) is 36.8 Å². The largest absolute Gasteiger partial charge is 0.439 e. The van der Waals surface area contributed by atoms with E-state index in [1.165, 1.54) is 24.3 Å². The standard InChI is InChI=1S/C30H30FN3O3/c1-2-28-27(21-33(20-26-14-9-19-36-26)29(35)22-15-17-23(31)18-16-22)30(37-25-12-7-4-8-13-25)34(32-28)24-10-5-3-6-11-24/h3-8,10-13,15-18,26H,2,9,14,19-21H2,1H3/t26-/m0/s1. The molecule has 1 aliphatic rings. The average molecular weight is 500 g/mol. The summed E-state index contributed by atoms with van der Waals surface area (Å²) in [4.78, 5) is 15.4. The predicted molar refractivity (Wildman–Crippen MR) is 140 cm³/mol. The Hall–Kier alpha value is -3.97. The molecule has 2 heterocycles. The van der Waals surface area contributed by atoms with Crippen LogP contribution in [-0.4, -0.2) is 39.8 Å². The summed E-state index contributed by atoms with van der Waals surface area (Å²) in [6.45, 7) is 3.45. The first-order chi connectivity index (χ1) is 18.1. The minimum absolute atomic E-state index is 0.0443. The van der Waals surface area contributed by atoms with Crippen LogP contribution in [0.15, 0.2) is 84.9 Å². The molecule has 6 nitrogen and oxygen atoms in total. The number of aromatic nitrogens is 2. The number of hydrogen-bond donors (Lipinski definition) is 0. The van der Waals surface area contributed by atoms with Crippen LogP contribution < -0.4 is 4.74 Å². The van der Waals surface area contributed by atoms with Gasteiger partial charge in [-0.15, -0.1) is 0 Å². The SMILES string of the molecule is CCc1nn(-c2ccccc2)c(Oc2ccccc2)c1CN(C[C@@H]1CCCO1)C(=O)c1ccc(F)cc1. The van der Waals surface area contributed by atoms with Gasteiger partial charge in [-0.05, 0) is 67.8 Å². The van der Waals surface area contributed by atoms with E-state index in [1.54, 1.807) is 9.58 Å². The fourth-order valence-electron chi connectivity index (χ4n) is 4.59. The fourth-order valence-corrected chi connectivity index (χ4v) is 4.59. The van der Waals surface area contributed by atoms with Crippen LogP contribution in [0.3, 0.4) is 0 Å². The molecular formula is C30H30FN3O3. The number of halogens is 1. The Morgan fingerprint density at radius 3 is 2.41 bits per heavy atom. The molecule has 0 saturated carbocycles. The van der Waals surface area contributed by atoms with Gasteiger partial charge in [0.15, 0.2) is 0 Å². The lowest BCUT2D eigenvalue weighted by Gasteiger charge is -2.26. The second-order valence-corrected chi connectivity index (χ2v) is 9.07. The van der Waals surface area contributed by atoms with Gasteiger partial charge in [0, 0.05) is 18.7 Å². The van der Waals surface area contributed by atoms with Gasteiger partial charge in [-0.2, -0.15) is 5.10 Å². The van der Waals surface area contributed by atoms with Gasteiger partial charge in [-0.25, -0.2) is 9.07 Å². The molecule has 1 aromatic heterocycles. The van der Waals surface area contributed by atoms with Crippen molar-refractivity contribution >= 4 is 5.91 Å². The first kappa shape index (κ1) is 24.7. The molecule has 0 bridgehead atoms. The molecule has 7 heteroatoms. The highest BCUT2D eigenvalue weighted by Gasteiger charge is 2.28. The lowest BCUT2D eigenvalue weighted by molar-refractivity contribution is 0.0505. The van der Waals surface area contributed by atoms with E-state index < -0.39 is 0 Å². The van der Waals surface area contributed by atoms with Crippen molar-refractivity contribution in [1.82, 2.24) is 14.7 Å². The third-order valence-corrected chi connectivity index (χ3v) is 6.49. The summed E-state index contributed by atoms with van der Waals surface area (Å²) in [6, 6.07) is 25.0. The molecule has 3 aromatic carbocycles. The number of carbonyl (C=O) groups excluding carboxylic acids is 1. The molecule has 1 fully saturated rings. The minimum atomic E-state index is -0.377. The molecule has 0 aliphatic carbocycles. The van der Waals surface area contributed by atoms with Crippen molar-refractivity contribution in [2.24, 2.45) is 0 Å². The average Bonchev–Trinajstić information content (AvgIpc) is 3.57. The first-order valence-electron chi connectivity index (χ1n) is 12.7. The number of hydrogen-bond acceptors (Lipinski definition) is 4. The van der Waals surface area contributed by atoms with E-state index in [2.05, 4.69) is 0 Å². The van der Waals surface area contributed by atoms with Crippen LogP contribution in [-0.2, 0) is 17.7 Å². The maximum Gasteiger partial charge on any atom is 0.254 e. The molecule has 1 aliphatic heterocycles. The third-order valence-electron chi connectivity index (χ3n) is 6.49. The first-order valence-corrected chi connectivity index (χ1v) is 12.7. The van der Waals surface area contributed by atoms with Gasteiger partial charge < -0.3 is 14.4 Å². The highest BCUT2D eigenvalue weighted by Crippen LogP contribution is 2.33. The Bertz CT molecular complexity index is 1320. The number of ether oxygens (including phenoxy) is 2. The van der Waals surface area contributed by atoms with Crippen molar-refractivity contribution in [1.29, 1.82) is 0 Å². The van der Waals surface area contributed by atoms with E-state index in [1.807, 2.05) is 67.6 Å². The molecular weight excluding hydrogens is 469 g/mol. The van der Waals surface area contributed by atoms with E-state index in [-0.39, 0.29) is 24.4 Å². The summed E-state index contributed by atoms with van der Waals surface area (Å²) < 4.78 is 27.7. The molecule has 1 amide bonds. The van der Waals surface area contributed by atoms with E-state index in [0.717, 1.165) is 29.8 Å². The van der Waals surface area contributed by atoms with Crippen molar-refractivity contribution in [3.63, 3.8) is 0 Å². The van der Waals surface area contributed by atoms with Gasteiger partial charge in [0.25, 0.3) is 5.91 Å². The maximum absolute atomic E-state index is 13.7. The van der Waals surface area contributed by atoms with Gasteiger partial charge in [0.2, 0.25) is 5.88 Å². The van der Waals surface area contributed by atoms with E-state index in [4.69, 9.17) is 14.6 Å². The molecule has 37 heavy (non-hydrogen) atoms. The topological polar surface area (TPSA) is 56.6 Å². The summed E-state index contributed by atoms with van der Waals surface area (Å²) in [7, 11) is 0. The zero-order valence-electron chi connectivity index (χ0n) is 20.8. The number of aryl methyl sites for hydroxylation is 1. The lowest BCUT2D eigenvalue weighted by atomic mass is 10.1. The summed E-state index contributed by atoms with van der Waals surface area (Å²) in [6.07, 6.45) is 2.48. The highest BCUT2D eigenvalue weighted by atomic mass is 19.1. The molecule has 1 saturated heterocycles. The second kappa shape index (κ2) is 11.4. The van der Waals surface area contributed by atoms with Gasteiger partial charge in [0.1, 0.15) is 11.6 Å². The molecule has 0 N–H and O–H groups in total. The fraction of sp³-hybridized carbons (Fsp3) is 0.267. The minimum Gasteiger partial charge on any atom is -0.439 e. The predicted octanol–water partition coefficient (Wildman–Crippen LogP) is 6.19. The van der Waals surface area contributed by atoms with Gasteiger partial charge in [-0.1, -0.05) is 43.3 Å². The molecule has 4 aromatic rings. The van der Waals surface area contributed by atoms with Crippen LogP contribution in [0.5, 0.6) is 11.6 Å². The molecule has 190 valence electrons. The Labute approximate surface area is 216 Å². The Morgan fingerprint density at radius 1 is 1.05 bits per heavy atom. The molecule has 1 atom stereocenters. The molecule has 0 unspecified atom stereocenters. The number of carbonyl (C=O) groups is 1. The van der Waals surface area contributed by atoms with E-state index in [9.17, 15) is 9.18 Å². The third kappa shape index (κ3) is 5.73. The molecule has 5 rings (SSSR count). The van der Waals surface area contributed by atoms with Crippen molar-refractivity contribution in [2.75, 3.05) is 13.2 Å². The smallest absolute Gasteiger partial charge is 0.254 e. The van der Waals surface area contributed by atoms with Crippen molar-refractivity contribution in [3.8, 4) is 17.3 Å². The van der Waals surface area contributed by atoms with Crippen LogP contribution >= 0.6 is 0 Å². The van der Waals surface area contributed by atoms with E-state index >= 15 is 0 Å². The normalized spacial score (nSPS) is 15.0. The van der Waals surface area contributed by atoms with Crippen molar-refractivity contribution < 1.29 is 18.7 Å². The monoisotopic (exact) mass is 499 g/mol. The van der Waals surface area contributed by atoms with Crippen LogP contribution in [0, 0.1) is 5.82 Å². The Kier molecular flexibility index (Phi) is 7.61. The van der Waals surface area contributed by atoms with Crippen LogP contribution in [0.2, 0.25) is 0 Å². The van der Waals surface area contributed by atoms with Crippen LogP contribution in [0.4, 0.5) is 4.39 Å². The molecule has 0 spiro atoms. The molecule has 0 radical (unpaired) electrons. The Balaban J connectivity index is 1.56. The maximum atomic E-state index is 13.7. The lowest BCUT2D eigenvalue weighted by Crippen LogP contribution is -2.37. The van der Waals surface area contributed by atoms with Crippen LogP contribution in [0.1, 0.15) is 41.4 Å². The summed E-state index contributed by atoms with van der Waals surface area (Å²) in [5.74, 6) is 0.686. The summed E-state index contributed by atoms with van der Waals surface area (Å²) in [5, 5.41) is 4.90. The van der Waals surface area contributed by atoms with Gasteiger partial charge in [-0.3, -0.25) is 4.79 Å². The number of rotatable bonds is 9. The number of para-hydroxylation sites is 2. The quantitative estimate of drug-likeness (QED) is 0.276. The summed E-state index contributed by atoms with van der Waals surface area (Å²) in [5.41, 5.74) is 2.98. The summed E-state index contributed by atoms with van der Waals surface area (Å²) >= 11 is 0. The van der Waals surface area contributed by atoms with Gasteiger partial charge >= 0.3 is 0 Å². The Morgan fingerprint density at radius 2 is 1.76 bits per heavy atom. The van der Waals surface area contributed by atoms with Crippen molar-refractivity contribution in [2.45, 2.75) is 38.8 Å². The van der Waals surface area contributed by atoms with Crippen molar-refractivity contribution in [3.05, 3.63) is 108 Å². The van der Waals surface area contributed by atoms with Crippen LogP contribution in [0.25, 0.3) is 5.69 Å². The zero-order chi connectivity index (χ0) is 25.6. The highest BCUT2D eigenvalue weighted by molar-refractivity contribution is 5.94. The second-order valence-electron chi connectivity index (χ2n) is 9.07. The number of amides is 1. The van der Waals surface area contributed by atoms with Gasteiger partial charge in [0.05, 0.1) is 29.6 Å². The number of nitrogens with zero attached hydrogens (tertiary/aromatic N) is 3. The zero-order valence-corrected chi connectivity index (χ0v) is 20.8. The number of benzene rings is 3.